The minimum absolute atomic E-state index is 0.297. The zero-order valence-corrected chi connectivity index (χ0v) is 15.5. The lowest BCUT2D eigenvalue weighted by atomic mass is 9.97. The molecule has 1 aliphatic carbocycles. The second kappa shape index (κ2) is 7.44. The Balaban J connectivity index is 1.81. The summed E-state index contributed by atoms with van der Waals surface area (Å²) in [5.74, 6) is 1.15. The van der Waals surface area contributed by atoms with E-state index >= 15 is 0 Å². The number of sulfonamides is 1. The van der Waals surface area contributed by atoms with Crippen LogP contribution in [0.2, 0.25) is 0 Å². The molecule has 1 aromatic carbocycles. The summed E-state index contributed by atoms with van der Waals surface area (Å²) in [6, 6.07) is 7.03. The van der Waals surface area contributed by atoms with Crippen molar-refractivity contribution in [2.24, 2.45) is 4.99 Å². The molecule has 25 heavy (non-hydrogen) atoms. The topological polar surface area (TPSA) is 67.8 Å². The highest BCUT2D eigenvalue weighted by atomic mass is 32.2. The maximum atomic E-state index is 12.5. The van der Waals surface area contributed by atoms with Crippen molar-refractivity contribution >= 4 is 20.8 Å². The number of aliphatic imine (C=N–C) groups is 1. The lowest BCUT2D eigenvalue weighted by Gasteiger charge is -2.11. The van der Waals surface area contributed by atoms with Crippen LogP contribution in [0.25, 0.3) is 4.91 Å². The molecule has 1 aromatic rings. The zero-order valence-electron chi connectivity index (χ0n) is 14.7. The number of allylic oxidation sites excluding steroid dienone is 1. The van der Waals surface area contributed by atoms with Crippen molar-refractivity contribution in [3.8, 4) is 5.75 Å². The normalized spacial score (nSPS) is 21.2. The Kier molecular flexibility index (Phi) is 5.27. The highest BCUT2D eigenvalue weighted by molar-refractivity contribution is 8.00. The van der Waals surface area contributed by atoms with Gasteiger partial charge in [-0.05, 0) is 68.9 Å². The summed E-state index contributed by atoms with van der Waals surface area (Å²) < 4.78 is 32.7. The van der Waals surface area contributed by atoms with Gasteiger partial charge in [0.05, 0.1) is 7.11 Å². The number of rotatable bonds is 5. The van der Waals surface area contributed by atoms with Gasteiger partial charge in [-0.1, -0.05) is 11.6 Å². The number of methoxy groups -OCH3 is 1. The molecule has 5 nitrogen and oxygen atoms in total. The van der Waals surface area contributed by atoms with Crippen LogP contribution in [0.1, 0.15) is 44.6 Å². The Labute approximate surface area is 149 Å². The van der Waals surface area contributed by atoms with Gasteiger partial charge < -0.3 is 4.74 Å². The number of hydrogen-bond acceptors (Lipinski definition) is 4. The molecule has 3 rings (SSSR count). The van der Waals surface area contributed by atoms with Crippen molar-refractivity contribution in [1.82, 2.24) is 4.72 Å². The number of hydrogen-bond donors (Lipinski definition) is 1. The van der Waals surface area contributed by atoms with Crippen LogP contribution >= 0.6 is 0 Å². The molecular weight excluding hydrogens is 336 g/mol. The van der Waals surface area contributed by atoms with E-state index in [1.54, 1.807) is 38.3 Å². The molecule has 2 aliphatic rings. The van der Waals surface area contributed by atoms with Gasteiger partial charge in [0.2, 0.25) is 0 Å². The summed E-state index contributed by atoms with van der Waals surface area (Å²) >= 11 is 0. The molecule has 0 saturated heterocycles. The SMILES string of the molecule is COc1ccc(C2=C(C)C(=NCCC3=CCCCC3)NS2(=O)=O)cc1. The zero-order chi connectivity index (χ0) is 17.9. The van der Waals surface area contributed by atoms with Crippen LogP contribution in [0.4, 0.5) is 0 Å². The summed E-state index contributed by atoms with van der Waals surface area (Å²) in [6.07, 6.45) is 8.01. The third-order valence-electron chi connectivity index (χ3n) is 4.64. The van der Waals surface area contributed by atoms with Crippen molar-refractivity contribution in [2.75, 3.05) is 13.7 Å². The second-order valence-electron chi connectivity index (χ2n) is 6.38. The fourth-order valence-corrected chi connectivity index (χ4v) is 4.79. The molecule has 0 bridgehead atoms. The molecule has 0 atom stereocenters. The molecule has 1 N–H and O–H groups in total. The van der Waals surface area contributed by atoms with Crippen molar-refractivity contribution in [1.29, 1.82) is 0 Å². The van der Waals surface area contributed by atoms with Crippen LogP contribution in [0.3, 0.4) is 0 Å². The van der Waals surface area contributed by atoms with Crippen LogP contribution in [0.15, 0.2) is 46.5 Å². The first-order valence-corrected chi connectivity index (χ1v) is 10.1. The lowest BCUT2D eigenvalue weighted by Crippen LogP contribution is -2.23. The highest BCUT2D eigenvalue weighted by Crippen LogP contribution is 2.31. The molecule has 0 aromatic heterocycles. The smallest absolute Gasteiger partial charge is 0.264 e. The van der Waals surface area contributed by atoms with Crippen molar-refractivity contribution < 1.29 is 13.2 Å². The number of nitrogens with zero attached hydrogens (tertiary/aromatic N) is 1. The molecule has 0 spiro atoms. The van der Waals surface area contributed by atoms with Gasteiger partial charge in [0.1, 0.15) is 16.5 Å². The Hall–Kier alpha value is -2.08. The van der Waals surface area contributed by atoms with E-state index in [0.717, 1.165) is 19.3 Å². The van der Waals surface area contributed by atoms with E-state index in [1.165, 1.54) is 18.4 Å². The quantitative estimate of drug-likeness (QED) is 0.815. The van der Waals surface area contributed by atoms with Crippen molar-refractivity contribution in [3.05, 3.63) is 47.1 Å². The molecule has 0 amide bonds. The van der Waals surface area contributed by atoms with E-state index in [-0.39, 0.29) is 0 Å². The van der Waals surface area contributed by atoms with Gasteiger partial charge >= 0.3 is 0 Å². The van der Waals surface area contributed by atoms with Gasteiger partial charge in [-0.2, -0.15) is 0 Å². The Bertz CT molecular complexity index is 834. The Morgan fingerprint density at radius 2 is 1.96 bits per heavy atom. The minimum Gasteiger partial charge on any atom is -0.497 e. The molecular formula is C19H24N2O3S. The predicted octanol–water partition coefficient (Wildman–Crippen LogP) is 3.65. The van der Waals surface area contributed by atoms with E-state index in [2.05, 4.69) is 15.8 Å². The third-order valence-corrected chi connectivity index (χ3v) is 6.18. The van der Waals surface area contributed by atoms with Crippen molar-refractivity contribution in [2.45, 2.75) is 39.0 Å². The molecule has 0 saturated carbocycles. The molecule has 0 unspecified atom stereocenters. The summed E-state index contributed by atoms with van der Waals surface area (Å²) in [4.78, 5) is 4.80. The largest absolute Gasteiger partial charge is 0.497 e. The number of ether oxygens (including phenoxy) is 1. The molecule has 1 aliphatic heterocycles. The molecule has 134 valence electrons. The van der Waals surface area contributed by atoms with E-state index in [1.807, 2.05) is 0 Å². The van der Waals surface area contributed by atoms with E-state index < -0.39 is 10.0 Å². The van der Waals surface area contributed by atoms with Crippen LogP contribution in [-0.2, 0) is 10.0 Å². The van der Waals surface area contributed by atoms with Crippen LogP contribution in [0.5, 0.6) is 5.75 Å². The average molecular weight is 360 g/mol. The fraction of sp³-hybridized carbons (Fsp3) is 0.421. The maximum Gasteiger partial charge on any atom is 0.264 e. The number of nitrogens with one attached hydrogen (secondary N) is 1. The van der Waals surface area contributed by atoms with Gasteiger partial charge in [-0.15, -0.1) is 0 Å². The average Bonchev–Trinajstić information content (AvgIpc) is 2.85. The molecule has 0 radical (unpaired) electrons. The standard InChI is InChI=1S/C19H24N2O3S/c1-14-18(16-8-10-17(24-2)11-9-16)25(22,23)21-19(14)20-13-12-15-6-4-3-5-7-15/h6,8-11H,3-5,7,12-13H2,1-2H3,(H,20,21). The Morgan fingerprint density at radius 3 is 2.60 bits per heavy atom. The monoisotopic (exact) mass is 360 g/mol. The number of benzene rings is 1. The summed E-state index contributed by atoms with van der Waals surface area (Å²) in [7, 11) is -1.99. The highest BCUT2D eigenvalue weighted by Gasteiger charge is 2.32. The molecule has 6 heteroatoms. The Morgan fingerprint density at radius 1 is 1.20 bits per heavy atom. The van der Waals surface area contributed by atoms with Crippen LogP contribution < -0.4 is 9.46 Å². The fourth-order valence-electron chi connectivity index (χ4n) is 3.27. The first-order valence-electron chi connectivity index (χ1n) is 8.62. The lowest BCUT2D eigenvalue weighted by molar-refractivity contribution is 0.415. The van der Waals surface area contributed by atoms with Gasteiger partial charge in [0.15, 0.2) is 0 Å². The molecule has 0 fully saturated rings. The van der Waals surface area contributed by atoms with Gasteiger partial charge in [-0.3, -0.25) is 9.71 Å². The van der Waals surface area contributed by atoms with E-state index in [0.29, 0.717) is 34.2 Å². The van der Waals surface area contributed by atoms with Crippen LogP contribution in [0, 0.1) is 0 Å². The van der Waals surface area contributed by atoms with Gasteiger partial charge in [0, 0.05) is 12.1 Å². The van der Waals surface area contributed by atoms with Crippen molar-refractivity contribution in [3.63, 3.8) is 0 Å². The first-order chi connectivity index (χ1) is 12.0. The second-order valence-corrected chi connectivity index (χ2v) is 8.00. The first kappa shape index (κ1) is 17.7. The molecule has 1 heterocycles. The summed E-state index contributed by atoms with van der Waals surface area (Å²) in [5.41, 5.74) is 2.75. The predicted molar refractivity (Wildman–Crippen MR) is 101 cm³/mol. The van der Waals surface area contributed by atoms with E-state index in [9.17, 15) is 8.42 Å². The van der Waals surface area contributed by atoms with Gasteiger partial charge in [-0.25, -0.2) is 8.42 Å². The minimum atomic E-state index is -3.57. The number of amidine groups is 1. The van der Waals surface area contributed by atoms with Gasteiger partial charge in [0.25, 0.3) is 10.0 Å². The van der Waals surface area contributed by atoms with E-state index in [4.69, 9.17) is 4.74 Å². The third kappa shape index (κ3) is 3.95. The summed E-state index contributed by atoms with van der Waals surface area (Å²) in [6.45, 7) is 2.41. The van der Waals surface area contributed by atoms with Crippen LogP contribution in [-0.4, -0.2) is 27.9 Å². The summed E-state index contributed by atoms with van der Waals surface area (Å²) in [5, 5.41) is 0. The maximum absolute atomic E-state index is 12.5.